The highest BCUT2D eigenvalue weighted by Crippen LogP contribution is 2.40. The number of pyridine rings is 1. The molecule has 194 valence electrons. The highest BCUT2D eigenvalue weighted by Gasteiger charge is 2.34. The maximum atomic E-state index is 13.5. The molecule has 0 aliphatic rings. The van der Waals surface area contributed by atoms with Crippen molar-refractivity contribution in [1.82, 2.24) is 4.98 Å². The van der Waals surface area contributed by atoms with Crippen LogP contribution in [0.2, 0.25) is 5.02 Å². The number of nitrogens with zero attached hydrogens (tertiary/aromatic N) is 1. The van der Waals surface area contributed by atoms with Gasteiger partial charge in [0.25, 0.3) is 0 Å². The van der Waals surface area contributed by atoms with Gasteiger partial charge in [0, 0.05) is 31.6 Å². The standard InChI is InChI=1S/C26H23ClF3N3O4/c1-15(37-16(2)34)17-6-8-18(9-7-17)32-23-14-20(27)19(26(28,29)30)13-22(23)33-25(36)11-10-24(35)21-5-3-4-12-31-21/h3-9,12-15,32H,10-11H2,1-2H3,(H,33,36). The van der Waals surface area contributed by atoms with E-state index < -0.39 is 34.7 Å². The van der Waals surface area contributed by atoms with Gasteiger partial charge in [-0.05, 0) is 48.9 Å². The monoisotopic (exact) mass is 533 g/mol. The summed E-state index contributed by atoms with van der Waals surface area (Å²) >= 11 is 5.90. The van der Waals surface area contributed by atoms with Crippen LogP contribution in [0.3, 0.4) is 0 Å². The highest BCUT2D eigenvalue weighted by molar-refractivity contribution is 6.32. The fraction of sp³-hybridized carbons (Fsp3) is 0.231. The van der Waals surface area contributed by atoms with Crippen molar-refractivity contribution >= 4 is 46.3 Å². The van der Waals surface area contributed by atoms with E-state index >= 15 is 0 Å². The van der Waals surface area contributed by atoms with Crippen molar-refractivity contribution in [3.8, 4) is 0 Å². The minimum absolute atomic E-state index is 0.114. The summed E-state index contributed by atoms with van der Waals surface area (Å²) in [6.45, 7) is 3.00. The number of benzene rings is 2. The van der Waals surface area contributed by atoms with E-state index in [4.69, 9.17) is 16.3 Å². The van der Waals surface area contributed by atoms with Crippen LogP contribution in [0.4, 0.5) is 30.2 Å². The zero-order chi connectivity index (χ0) is 27.2. The normalized spacial score (nSPS) is 11.9. The van der Waals surface area contributed by atoms with Crippen LogP contribution in [0.15, 0.2) is 60.8 Å². The molecule has 3 rings (SSSR count). The van der Waals surface area contributed by atoms with Gasteiger partial charge in [-0.3, -0.25) is 19.4 Å². The number of rotatable bonds is 9. The Morgan fingerprint density at radius 1 is 1.03 bits per heavy atom. The Hall–Kier alpha value is -3.92. The van der Waals surface area contributed by atoms with Gasteiger partial charge in [0.05, 0.1) is 22.0 Å². The maximum Gasteiger partial charge on any atom is 0.417 e. The fourth-order valence-electron chi connectivity index (χ4n) is 3.40. The minimum Gasteiger partial charge on any atom is -0.458 e. The molecule has 0 aliphatic heterocycles. The van der Waals surface area contributed by atoms with Crippen molar-refractivity contribution in [2.75, 3.05) is 10.6 Å². The summed E-state index contributed by atoms with van der Waals surface area (Å²) in [6.07, 6.45) is -4.23. The number of carbonyl (C=O) groups is 3. The number of Topliss-reactive ketones (excluding diaryl/α,β-unsaturated/α-hetero) is 1. The number of alkyl halides is 3. The summed E-state index contributed by atoms with van der Waals surface area (Å²) in [5.41, 5.74) is 0.209. The Morgan fingerprint density at radius 3 is 2.32 bits per heavy atom. The lowest BCUT2D eigenvalue weighted by Crippen LogP contribution is -2.16. The molecular formula is C26H23ClF3N3O4. The van der Waals surface area contributed by atoms with Crippen molar-refractivity contribution in [1.29, 1.82) is 0 Å². The number of anilines is 3. The number of hydrogen-bond acceptors (Lipinski definition) is 6. The quantitative estimate of drug-likeness (QED) is 0.234. The van der Waals surface area contributed by atoms with Crippen molar-refractivity contribution < 1.29 is 32.3 Å². The third-order valence-electron chi connectivity index (χ3n) is 5.22. The molecule has 1 amide bonds. The number of hydrogen-bond donors (Lipinski definition) is 2. The number of ketones is 1. The lowest BCUT2D eigenvalue weighted by molar-refractivity contribution is -0.145. The first-order valence-electron chi connectivity index (χ1n) is 11.1. The Morgan fingerprint density at radius 2 is 1.73 bits per heavy atom. The third kappa shape index (κ3) is 7.78. The van der Waals surface area contributed by atoms with E-state index in [1.54, 1.807) is 43.3 Å². The van der Waals surface area contributed by atoms with Crippen LogP contribution in [-0.2, 0) is 20.5 Å². The van der Waals surface area contributed by atoms with Crippen LogP contribution in [0.25, 0.3) is 0 Å². The van der Waals surface area contributed by atoms with Crippen molar-refractivity contribution in [3.05, 3.63) is 82.6 Å². The first-order valence-corrected chi connectivity index (χ1v) is 11.5. The van der Waals surface area contributed by atoms with Crippen LogP contribution >= 0.6 is 11.6 Å². The Balaban J connectivity index is 1.80. The van der Waals surface area contributed by atoms with Gasteiger partial charge in [0.1, 0.15) is 11.8 Å². The molecule has 0 saturated heterocycles. The molecule has 0 fully saturated rings. The topological polar surface area (TPSA) is 97.4 Å². The minimum atomic E-state index is -4.75. The number of aromatic nitrogens is 1. The van der Waals surface area contributed by atoms with Crippen LogP contribution in [0, 0.1) is 0 Å². The van der Waals surface area contributed by atoms with Gasteiger partial charge in [-0.25, -0.2) is 0 Å². The molecule has 0 bridgehead atoms. The fourth-order valence-corrected chi connectivity index (χ4v) is 3.67. The van der Waals surface area contributed by atoms with E-state index in [2.05, 4.69) is 15.6 Å². The first kappa shape index (κ1) is 27.7. The summed E-state index contributed by atoms with van der Waals surface area (Å²) in [6, 6.07) is 13.2. The van der Waals surface area contributed by atoms with Crippen LogP contribution in [-0.4, -0.2) is 22.6 Å². The van der Waals surface area contributed by atoms with Gasteiger partial charge in [-0.2, -0.15) is 13.2 Å². The zero-order valence-corrected chi connectivity index (χ0v) is 20.6. The van der Waals surface area contributed by atoms with Crippen LogP contribution in [0.1, 0.15) is 54.4 Å². The summed E-state index contributed by atoms with van der Waals surface area (Å²) in [7, 11) is 0. The molecule has 0 aliphatic carbocycles. The second kappa shape index (κ2) is 11.9. The molecule has 1 aromatic heterocycles. The smallest absolute Gasteiger partial charge is 0.417 e. The lowest BCUT2D eigenvalue weighted by Gasteiger charge is -2.18. The van der Waals surface area contributed by atoms with E-state index in [1.165, 1.54) is 19.2 Å². The average molecular weight is 534 g/mol. The summed E-state index contributed by atoms with van der Waals surface area (Å²) in [4.78, 5) is 39.9. The van der Waals surface area contributed by atoms with Gasteiger partial charge in [-0.15, -0.1) is 0 Å². The van der Waals surface area contributed by atoms with Gasteiger partial charge in [0.2, 0.25) is 5.91 Å². The van der Waals surface area contributed by atoms with Gasteiger partial charge < -0.3 is 15.4 Å². The lowest BCUT2D eigenvalue weighted by atomic mass is 10.1. The highest BCUT2D eigenvalue weighted by atomic mass is 35.5. The van der Waals surface area contributed by atoms with Gasteiger partial charge in [-0.1, -0.05) is 29.8 Å². The largest absolute Gasteiger partial charge is 0.458 e. The predicted octanol–water partition coefficient (Wildman–Crippen LogP) is 6.72. The second-order valence-electron chi connectivity index (χ2n) is 8.06. The number of amides is 1. The zero-order valence-electron chi connectivity index (χ0n) is 19.9. The van der Waals surface area contributed by atoms with Crippen molar-refractivity contribution in [2.45, 2.75) is 39.0 Å². The first-order chi connectivity index (χ1) is 17.4. The molecular weight excluding hydrogens is 511 g/mol. The molecule has 0 spiro atoms. The summed E-state index contributed by atoms with van der Waals surface area (Å²) < 4.78 is 45.5. The van der Waals surface area contributed by atoms with E-state index in [0.717, 1.165) is 12.1 Å². The van der Waals surface area contributed by atoms with E-state index in [9.17, 15) is 27.6 Å². The molecule has 2 aromatic carbocycles. The number of halogens is 4. The number of esters is 1. The van der Waals surface area contributed by atoms with Crippen LogP contribution in [0.5, 0.6) is 0 Å². The molecule has 7 nitrogen and oxygen atoms in total. The van der Waals surface area contributed by atoms with Crippen molar-refractivity contribution in [3.63, 3.8) is 0 Å². The molecule has 0 radical (unpaired) electrons. The Labute approximate surface area is 216 Å². The number of nitrogens with one attached hydrogen (secondary N) is 2. The third-order valence-corrected chi connectivity index (χ3v) is 5.53. The number of carbonyl (C=O) groups excluding carboxylic acids is 3. The van der Waals surface area contributed by atoms with Crippen molar-refractivity contribution in [2.24, 2.45) is 0 Å². The molecule has 11 heteroatoms. The van der Waals surface area contributed by atoms with E-state index in [-0.39, 0.29) is 35.7 Å². The maximum absolute atomic E-state index is 13.5. The van der Waals surface area contributed by atoms with E-state index in [1.807, 2.05) is 0 Å². The van der Waals surface area contributed by atoms with Gasteiger partial charge in [0.15, 0.2) is 5.78 Å². The average Bonchev–Trinajstić information content (AvgIpc) is 2.84. The SMILES string of the molecule is CC(=O)OC(C)c1ccc(Nc2cc(Cl)c(C(F)(F)F)cc2NC(=O)CCC(=O)c2ccccn2)cc1. The predicted molar refractivity (Wildman–Crippen MR) is 133 cm³/mol. The summed E-state index contributed by atoms with van der Waals surface area (Å²) in [5, 5.41) is 4.83. The van der Waals surface area contributed by atoms with Crippen LogP contribution < -0.4 is 10.6 Å². The van der Waals surface area contributed by atoms with E-state index in [0.29, 0.717) is 11.3 Å². The molecule has 3 aromatic rings. The Kier molecular flexibility index (Phi) is 8.88. The summed E-state index contributed by atoms with van der Waals surface area (Å²) in [5.74, 6) is -1.46. The molecule has 1 atom stereocenters. The molecule has 0 saturated carbocycles. The molecule has 37 heavy (non-hydrogen) atoms. The molecule has 1 heterocycles. The number of ether oxygens (including phenoxy) is 1. The molecule has 1 unspecified atom stereocenters. The second-order valence-corrected chi connectivity index (χ2v) is 8.47. The Bertz CT molecular complexity index is 1280. The molecule has 2 N–H and O–H groups in total. The van der Waals surface area contributed by atoms with Gasteiger partial charge >= 0.3 is 12.1 Å².